The van der Waals surface area contributed by atoms with E-state index in [1.165, 1.54) is 11.0 Å². The van der Waals surface area contributed by atoms with Crippen LogP contribution in [0, 0.1) is 0 Å². The summed E-state index contributed by atoms with van der Waals surface area (Å²) >= 11 is 5.83. The summed E-state index contributed by atoms with van der Waals surface area (Å²) in [7, 11) is 0. The van der Waals surface area contributed by atoms with Gasteiger partial charge in [0.2, 0.25) is 0 Å². The lowest BCUT2D eigenvalue weighted by molar-refractivity contribution is -0.149. The van der Waals surface area contributed by atoms with Crippen LogP contribution in [0.2, 0.25) is 5.02 Å². The molecule has 1 heterocycles. The number of halogens is 4. The van der Waals surface area contributed by atoms with Crippen LogP contribution < -0.4 is 0 Å². The summed E-state index contributed by atoms with van der Waals surface area (Å²) < 4.78 is 36.8. The highest BCUT2D eigenvalue weighted by Crippen LogP contribution is 2.24. The molecule has 112 valence electrons. The van der Waals surface area contributed by atoms with Gasteiger partial charge >= 0.3 is 6.18 Å². The van der Waals surface area contributed by atoms with Gasteiger partial charge in [-0.1, -0.05) is 17.7 Å². The third kappa shape index (κ3) is 4.54. The van der Waals surface area contributed by atoms with Gasteiger partial charge < -0.3 is 5.11 Å². The van der Waals surface area contributed by atoms with E-state index in [0.29, 0.717) is 37.7 Å². The third-order valence-electron chi connectivity index (χ3n) is 3.29. The predicted octanol–water partition coefficient (Wildman–Crippen LogP) is 2.73. The van der Waals surface area contributed by atoms with Crippen molar-refractivity contribution in [2.45, 2.75) is 12.7 Å². The van der Waals surface area contributed by atoms with Gasteiger partial charge in [-0.25, -0.2) is 0 Å². The number of nitrogens with zero attached hydrogens (tertiary/aromatic N) is 2. The number of phenols is 1. The number of hydrogen-bond donors (Lipinski definition) is 1. The van der Waals surface area contributed by atoms with Gasteiger partial charge in [-0.05, 0) is 17.7 Å². The van der Waals surface area contributed by atoms with Gasteiger partial charge in [0.1, 0.15) is 5.75 Å². The summed E-state index contributed by atoms with van der Waals surface area (Å²) in [4.78, 5) is 3.50. The molecule has 20 heavy (non-hydrogen) atoms. The summed E-state index contributed by atoms with van der Waals surface area (Å²) in [6, 6.07) is 4.97. The number of hydrogen-bond acceptors (Lipinski definition) is 3. The van der Waals surface area contributed by atoms with Crippen molar-refractivity contribution >= 4 is 11.6 Å². The Balaban J connectivity index is 1.83. The Hall–Kier alpha value is -0.980. The fourth-order valence-electron chi connectivity index (χ4n) is 2.27. The molecule has 7 heteroatoms. The Kier molecular flexibility index (Phi) is 4.78. The minimum Gasteiger partial charge on any atom is -0.506 e. The first-order valence-corrected chi connectivity index (χ1v) is 6.70. The zero-order valence-electron chi connectivity index (χ0n) is 10.8. The SMILES string of the molecule is Oc1ccc(CN2CCN(CC(F)(F)F)CC2)cc1Cl. The summed E-state index contributed by atoms with van der Waals surface area (Å²) in [6.07, 6.45) is -4.13. The van der Waals surface area contributed by atoms with Crippen LogP contribution in [0.25, 0.3) is 0 Å². The molecule has 1 saturated heterocycles. The van der Waals surface area contributed by atoms with Crippen molar-refractivity contribution in [1.29, 1.82) is 0 Å². The Morgan fingerprint density at radius 3 is 2.25 bits per heavy atom. The van der Waals surface area contributed by atoms with Gasteiger partial charge in [0, 0.05) is 32.7 Å². The number of benzene rings is 1. The van der Waals surface area contributed by atoms with Crippen LogP contribution in [0.4, 0.5) is 13.2 Å². The summed E-state index contributed by atoms with van der Waals surface area (Å²) in [5.74, 6) is 0.0328. The molecule has 1 aliphatic rings. The van der Waals surface area contributed by atoms with Gasteiger partial charge in [0.25, 0.3) is 0 Å². The second-order valence-corrected chi connectivity index (χ2v) is 5.36. The quantitative estimate of drug-likeness (QED) is 0.930. The molecule has 1 aliphatic heterocycles. The highest BCUT2D eigenvalue weighted by Gasteiger charge is 2.32. The average molecular weight is 309 g/mol. The average Bonchev–Trinajstić information content (AvgIpc) is 2.35. The van der Waals surface area contributed by atoms with Crippen molar-refractivity contribution in [3.8, 4) is 5.75 Å². The van der Waals surface area contributed by atoms with Crippen molar-refractivity contribution in [3.05, 3.63) is 28.8 Å². The molecule has 0 spiro atoms. The number of aromatic hydroxyl groups is 1. The Morgan fingerprint density at radius 1 is 1.10 bits per heavy atom. The number of alkyl halides is 3. The molecule has 1 aromatic carbocycles. The van der Waals surface area contributed by atoms with Crippen LogP contribution in [0.15, 0.2) is 18.2 Å². The largest absolute Gasteiger partial charge is 0.506 e. The van der Waals surface area contributed by atoms with E-state index in [0.717, 1.165) is 5.56 Å². The molecule has 1 aromatic rings. The second-order valence-electron chi connectivity index (χ2n) is 4.95. The van der Waals surface area contributed by atoms with Crippen molar-refractivity contribution in [2.75, 3.05) is 32.7 Å². The van der Waals surface area contributed by atoms with Crippen LogP contribution in [0.3, 0.4) is 0 Å². The summed E-state index contributed by atoms with van der Waals surface area (Å²) in [5, 5.41) is 9.62. The van der Waals surface area contributed by atoms with Crippen LogP contribution >= 0.6 is 11.6 Å². The smallest absolute Gasteiger partial charge is 0.401 e. The van der Waals surface area contributed by atoms with Crippen molar-refractivity contribution in [1.82, 2.24) is 9.80 Å². The molecule has 0 radical (unpaired) electrons. The number of piperazine rings is 1. The van der Waals surface area contributed by atoms with E-state index in [-0.39, 0.29) is 5.75 Å². The van der Waals surface area contributed by atoms with Gasteiger partial charge in [0.05, 0.1) is 11.6 Å². The Labute approximate surface area is 120 Å². The predicted molar refractivity (Wildman–Crippen MR) is 70.9 cm³/mol. The molecule has 0 atom stereocenters. The minimum atomic E-state index is -4.13. The molecule has 2 rings (SSSR count). The van der Waals surface area contributed by atoms with E-state index in [2.05, 4.69) is 4.90 Å². The van der Waals surface area contributed by atoms with E-state index in [9.17, 15) is 18.3 Å². The van der Waals surface area contributed by atoms with Gasteiger partial charge in [0.15, 0.2) is 0 Å². The lowest BCUT2D eigenvalue weighted by atomic mass is 10.2. The van der Waals surface area contributed by atoms with E-state index in [1.54, 1.807) is 12.1 Å². The van der Waals surface area contributed by atoms with Gasteiger partial charge in [-0.15, -0.1) is 0 Å². The topological polar surface area (TPSA) is 26.7 Å². The molecular formula is C13H16ClF3N2O. The van der Waals surface area contributed by atoms with Crippen molar-refractivity contribution in [3.63, 3.8) is 0 Å². The van der Waals surface area contributed by atoms with Crippen LogP contribution in [-0.4, -0.2) is 53.8 Å². The van der Waals surface area contributed by atoms with Crippen LogP contribution in [-0.2, 0) is 6.54 Å². The first-order valence-electron chi connectivity index (χ1n) is 6.32. The molecule has 0 aliphatic carbocycles. The molecule has 0 amide bonds. The van der Waals surface area contributed by atoms with E-state index in [1.807, 2.05) is 0 Å². The first kappa shape index (κ1) is 15.4. The molecule has 0 saturated carbocycles. The Bertz CT molecular complexity index is 459. The maximum Gasteiger partial charge on any atom is 0.401 e. The molecule has 1 fully saturated rings. The van der Waals surface area contributed by atoms with Crippen LogP contribution in [0.1, 0.15) is 5.56 Å². The van der Waals surface area contributed by atoms with Crippen molar-refractivity contribution < 1.29 is 18.3 Å². The lowest BCUT2D eigenvalue weighted by Crippen LogP contribution is -2.48. The lowest BCUT2D eigenvalue weighted by Gasteiger charge is -2.35. The molecule has 0 aromatic heterocycles. The zero-order chi connectivity index (χ0) is 14.8. The highest BCUT2D eigenvalue weighted by molar-refractivity contribution is 6.32. The third-order valence-corrected chi connectivity index (χ3v) is 3.59. The van der Waals surface area contributed by atoms with E-state index >= 15 is 0 Å². The Morgan fingerprint density at radius 2 is 1.70 bits per heavy atom. The van der Waals surface area contributed by atoms with Crippen molar-refractivity contribution in [2.24, 2.45) is 0 Å². The highest BCUT2D eigenvalue weighted by atomic mass is 35.5. The van der Waals surface area contributed by atoms with Crippen LogP contribution in [0.5, 0.6) is 5.75 Å². The second kappa shape index (κ2) is 6.20. The minimum absolute atomic E-state index is 0.0328. The molecule has 0 unspecified atom stereocenters. The molecule has 1 N–H and O–H groups in total. The summed E-state index contributed by atoms with van der Waals surface area (Å²) in [6.45, 7) is 1.78. The number of rotatable bonds is 3. The first-order chi connectivity index (χ1) is 9.33. The number of phenolic OH excluding ortho intramolecular Hbond substituents is 1. The molecular weight excluding hydrogens is 293 g/mol. The van der Waals surface area contributed by atoms with E-state index in [4.69, 9.17) is 11.6 Å². The van der Waals surface area contributed by atoms with Gasteiger partial charge in [-0.3, -0.25) is 9.80 Å². The van der Waals surface area contributed by atoms with Gasteiger partial charge in [-0.2, -0.15) is 13.2 Å². The molecule has 3 nitrogen and oxygen atoms in total. The normalized spacial score (nSPS) is 18.4. The maximum absolute atomic E-state index is 12.3. The fourth-order valence-corrected chi connectivity index (χ4v) is 2.47. The van der Waals surface area contributed by atoms with E-state index < -0.39 is 12.7 Å². The standard InChI is InChI=1S/C13H16ClF3N2O/c14-11-7-10(1-2-12(11)20)8-18-3-5-19(6-4-18)9-13(15,16)17/h1-2,7,20H,3-6,8-9H2. The zero-order valence-corrected chi connectivity index (χ0v) is 11.6. The molecule has 0 bridgehead atoms. The monoisotopic (exact) mass is 308 g/mol. The summed E-state index contributed by atoms with van der Waals surface area (Å²) in [5.41, 5.74) is 0.942. The fraction of sp³-hybridized carbons (Fsp3) is 0.538. The maximum atomic E-state index is 12.3.